The zero-order valence-corrected chi connectivity index (χ0v) is 13.0. The Hall–Kier alpha value is -2.67. The monoisotopic (exact) mass is 285 g/mol. The van der Waals surface area contributed by atoms with Crippen LogP contribution in [0.5, 0.6) is 0 Å². The molecule has 3 aromatic rings. The molecule has 0 N–H and O–H groups in total. The second kappa shape index (κ2) is 6.40. The van der Waals surface area contributed by atoms with Gasteiger partial charge in [0.1, 0.15) is 0 Å². The predicted octanol–water partition coefficient (Wildman–Crippen LogP) is 5.87. The summed E-state index contributed by atoms with van der Waals surface area (Å²) in [5.74, 6) is 0. The number of hydrogen-bond acceptors (Lipinski definition) is 1. The third kappa shape index (κ3) is 3.50. The van der Waals surface area contributed by atoms with Crippen molar-refractivity contribution >= 4 is 28.8 Å². The van der Waals surface area contributed by atoms with Gasteiger partial charge in [0.05, 0.1) is 5.69 Å². The molecule has 1 nitrogen and oxygen atoms in total. The van der Waals surface area contributed by atoms with Crippen LogP contribution in [0.15, 0.2) is 71.7 Å². The molecule has 3 aromatic carbocycles. The molecule has 108 valence electrons. The van der Waals surface area contributed by atoms with E-state index in [0.717, 1.165) is 5.69 Å². The van der Waals surface area contributed by atoms with Gasteiger partial charge in [-0.25, -0.2) is 0 Å². The minimum atomic E-state index is 0.976. The van der Waals surface area contributed by atoms with Crippen molar-refractivity contribution in [3.05, 3.63) is 83.4 Å². The summed E-state index contributed by atoms with van der Waals surface area (Å²) in [5.41, 5.74) is 4.71. The Morgan fingerprint density at radius 3 is 2.23 bits per heavy atom. The van der Waals surface area contributed by atoms with Crippen LogP contribution in [0.2, 0.25) is 0 Å². The molecule has 0 aliphatic carbocycles. The van der Waals surface area contributed by atoms with Gasteiger partial charge in [-0.05, 0) is 54.5 Å². The Bertz CT molecular complexity index is 839. The van der Waals surface area contributed by atoms with E-state index >= 15 is 0 Å². The first-order chi connectivity index (χ1) is 10.7. The first-order valence-electron chi connectivity index (χ1n) is 7.48. The summed E-state index contributed by atoms with van der Waals surface area (Å²) in [6, 6.07) is 21.2. The van der Waals surface area contributed by atoms with Gasteiger partial charge >= 0.3 is 0 Å². The largest absolute Gasteiger partial charge is 0.257 e. The van der Waals surface area contributed by atoms with Crippen molar-refractivity contribution in [2.45, 2.75) is 13.8 Å². The molecule has 1 heteroatoms. The van der Waals surface area contributed by atoms with E-state index in [9.17, 15) is 0 Å². The Kier molecular flexibility index (Phi) is 4.15. The number of aliphatic imine (C=N–C) groups is 1. The molecule has 0 radical (unpaired) electrons. The lowest BCUT2D eigenvalue weighted by Crippen LogP contribution is -1.78. The number of allylic oxidation sites excluding steroid dienone is 1. The molecule has 0 unspecified atom stereocenters. The van der Waals surface area contributed by atoms with E-state index in [1.807, 2.05) is 24.4 Å². The summed E-state index contributed by atoms with van der Waals surface area (Å²) in [4.78, 5) is 4.42. The molecule has 0 heterocycles. The number of hydrogen-bond donors (Lipinski definition) is 0. The highest BCUT2D eigenvalue weighted by Gasteiger charge is 1.94. The lowest BCUT2D eigenvalue weighted by atomic mass is 10.0. The van der Waals surface area contributed by atoms with Crippen LogP contribution >= 0.6 is 0 Å². The van der Waals surface area contributed by atoms with E-state index in [2.05, 4.69) is 73.4 Å². The van der Waals surface area contributed by atoms with Crippen molar-refractivity contribution in [3.8, 4) is 0 Å². The highest BCUT2D eigenvalue weighted by Crippen LogP contribution is 2.18. The predicted molar refractivity (Wildman–Crippen MR) is 97.1 cm³/mol. The highest BCUT2D eigenvalue weighted by molar-refractivity contribution is 5.87. The zero-order valence-electron chi connectivity index (χ0n) is 13.0. The molecule has 0 aliphatic heterocycles. The SMILES string of the molecule is Cc1ccc(N=C/C=C/c2ccc3cc(C)ccc3c2)cc1. The van der Waals surface area contributed by atoms with Crippen molar-refractivity contribution in [1.82, 2.24) is 0 Å². The molecule has 0 atom stereocenters. The molecular formula is C21H19N. The van der Waals surface area contributed by atoms with E-state index in [1.54, 1.807) is 0 Å². The number of benzene rings is 3. The first kappa shape index (κ1) is 14.3. The minimum absolute atomic E-state index is 0.976. The normalized spacial score (nSPS) is 11.7. The molecule has 0 bridgehead atoms. The number of nitrogens with zero attached hydrogens (tertiary/aromatic N) is 1. The molecule has 0 aliphatic rings. The lowest BCUT2D eigenvalue weighted by Gasteiger charge is -2.00. The number of fused-ring (bicyclic) bond motifs is 1. The van der Waals surface area contributed by atoms with Gasteiger partial charge in [0.15, 0.2) is 0 Å². The molecular weight excluding hydrogens is 266 g/mol. The van der Waals surface area contributed by atoms with E-state index < -0.39 is 0 Å². The van der Waals surface area contributed by atoms with Crippen molar-refractivity contribution in [1.29, 1.82) is 0 Å². The fraction of sp³-hybridized carbons (Fsp3) is 0.0952. The second-order valence-corrected chi connectivity index (χ2v) is 5.58. The van der Waals surface area contributed by atoms with Crippen molar-refractivity contribution in [2.24, 2.45) is 4.99 Å². The average Bonchev–Trinajstić information content (AvgIpc) is 2.53. The number of aryl methyl sites for hydroxylation is 2. The molecule has 0 saturated heterocycles. The van der Waals surface area contributed by atoms with Gasteiger partial charge in [0, 0.05) is 6.21 Å². The van der Waals surface area contributed by atoms with E-state index in [-0.39, 0.29) is 0 Å². The van der Waals surface area contributed by atoms with Crippen LogP contribution in [0.25, 0.3) is 16.8 Å². The van der Waals surface area contributed by atoms with Gasteiger partial charge in [-0.15, -0.1) is 0 Å². The molecule has 22 heavy (non-hydrogen) atoms. The van der Waals surface area contributed by atoms with Crippen LogP contribution in [0.3, 0.4) is 0 Å². The van der Waals surface area contributed by atoms with Gasteiger partial charge in [0.2, 0.25) is 0 Å². The number of rotatable bonds is 3. The zero-order chi connectivity index (χ0) is 15.4. The summed E-state index contributed by atoms with van der Waals surface area (Å²) in [6.45, 7) is 4.20. The molecule has 0 amide bonds. The lowest BCUT2D eigenvalue weighted by molar-refractivity contribution is 1.44. The molecule has 0 spiro atoms. The Morgan fingerprint density at radius 2 is 1.41 bits per heavy atom. The third-order valence-electron chi connectivity index (χ3n) is 3.65. The molecule has 3 rings (SSSR count). The minimum Gasteiger partial charge on any atom is -0.257 e. The van der Waals surface area contributed by atoms with Gasteiger partial charge in [-0.3, -0.25) is 4.99 Å². The van der Waals surface area contributed by atoms with Crippen molar-refractivity contribution < 1.29 is 0 Å². The summed E-state index contributed by atoms with van der Waals surface area (Å²) in [7, 11) is 0. The summed E-state index contributed by atoms with van der Waals surface area (Å²) >= 11 is 0. The third-order valence-corrected chi connectivity index (χ3v) is 3.65. The standard InChI is InChI=1S/C21H19N/c1-16-6-11-21(12-7-16)22-13-3-4-18-8-10-19-14-17(2)5-9-20(19)15-18/h3-15H,1-2H3/b4-3+,22-13?. The maximum Gasteiger partial charge on any atom is 0.0629 e. The van der Waals surface area contributed by atoms with Crippen molar-refractivity contribution in [2.75, 3.05) is 0 Å². The first-order valence-corrected chi connectivity index (χ1v) is 7.48. The van der Waals surface area contributed by atoms with Crippen LogP contribution in [0.1, 0.15) is 16.7 Å². The maximum atomic E-state index is 4.42. The van der Waals surface area contributed by atoms with Crippen LogP contribution in [-0.2, 0) is 0 Å². The average molecular weight is 285 g/mol. The Labute approximate surface area is 131 Å². The van der Waals surface area contributed by atoms with Crippen LogP contribution < -0.4 is 0 Å². The van der Waals surface area contributed by atoms with Gasteiger partial charge in [0.25, 0.3) is 0 Å². The van der Waals surface area contributed by atoms with Crippen LogP contribution in [-0.4, -0.2) is 6.21 Å². The van der Waals surface area contributed by atoms with Crippen LogP contribution in [0, 0.1) is 13.8 Å². The smallest absolute Gasteiger partial charge is 0.0629 e. The fourth-order valence-corrected chi connectivity index (χ4v) is 2.40. The van der Waals surface area contributed by atoms with E-state index in [0.29, 0.717) is 0 Å². The second-order valence-electron chi connectivity index (χ2n) is 5.58. The summed E-state index contributed by atoms with van der Waals surface area (Å²) in [5, 5.41) is 2.55. The van der Waals surface area contributed by atoms with E-state index in [4.69, 9.17) is 0 Å². The van der Waals surface area contributed by atoms with Gasteiger partial charge < -0.3 is 0 Å². The quantitative estimate of drug-likeness (QED) is 0.533. The van der Waals surface area contributed by atoms with Gasteiger partial charge in [-0.1, -0.05) is 59.7 Å². The maximum absolute atomic E-state index is 4.42. The molecule has 0 aromatic heterocycles. The highest BCUT2D eigenvalue weighted by atomic mass is 14.7. The van der Waals surface area contributed by atoms with E-state index in [1.165, 1.54) is 27.5 Å². The molecule has 0 fully saturated rings. The summed E-state index contributed by atoms with van der Waals surface area (Å²) < 4.78 is 0. The Morgan fingerprint density at radius 1 is 0.727 bits per heavy atom. The Balaban J connectivity index is 1.74. The fourth-order valence-electron chi connectivity index (χ4n) is 2.40. The van der Waals surface area contributed by atoms with Gasteiger partial charge in [-0.2, -0.15) is 0 Å². The molecule has 0 saturated carbocycles. The van der Waals surface area contributed by atoms with Crippen LogP contribution in [0.4, 0.5) is 5.69 Å². The van der Waals surface area contributed by atoms with Crippen molar-refractivity contribution in [3.63, 3.8) is 0 Å². The summed E-state index contributed by atoms with van der Waals surface area (Å²) in [6.07, 6.45) is 5.90. The topological polar surface area (TPSA) is 12.4 Å².